The quantitative estimate of drug-likeness (QED) is 0.674. The molecule has 2 atom stereocenters. The molecule has 0 bridgehead atoms. The largest absolute Gasteiger partial charge is 0.471 e. The molecule has 0 radical (unpaired) electrons. The third-order valence-electron chi connectivity index (χ3n) is 4.51. The zero-order valence-electron chi connectivity index (χ0n) is 13.8. The van der Waals surface area contributed by atoms with Gasteiger partial charge in [0.15, 0.2) is 9.84 Å². The Kier molecular flexibility index (Phi) is 5.97. The van der Waals surface area contributed by atoms with Crippen molar-refractivity contribution in [3.05, 3.63) is 0 Å². The third-order valence-corrected chi connectivity index (χ3v) is 6.26. The van der Waals surface area contributed by atoms with Gasteiger partial charge in [0.2, 0.25) is 5.91 Å². The molecule has 0 saturated carbocycles. The molecule has 2 rings (SSSR count). The fourth-order valence-corrected chi connectivity index (χ4v) is 5.04. The summed E-state index contributed by atoms with van der Waals surface area (Å²) in [6.45, 7) is 0.0537. The number of nitrogens with zero attached hydrogens (tertiary/aromatic N) is 2. The molecule has 0 aromatic rings. The number of methoxy groups -OCH3 is 1. The average Bonchev–Trinajstić information content (AvgIpc) is 3.12. The van der Waals surface area contributed by atoms with E-state index in [1.165, 1.54) is 12.0 Å². The van der Waals surface area contributed by atoms with Crippen LogP contribution in [0.25, 0.3) is 0 Å². The van der Waals surface area contributed by atoms with E-state index in [-0.39, 0.29) is 44.0 Å². The Labute approximate surface area is 144 Å². The van der Waals surface area contributed by atoms with Gasteiger partial charge in [0.25, 0.3) is 0 Å². The van der Waals surface area contributed by atoms with Gasteiger partial charge in [-0.1, -0.05) is 0 Å². The molecule has 0 N–H and O–H groups in total. The molecular weight excluding hydrogens is 365 g/mol. The Balaban J connectivity index is 2.19. The standard InChI is InChI=1S/C14H21F3N2O5S/c1-24-7-6-18(10-4-8-25(22,23)9-10)12(20)11-3-2-5-19(11)13(21)14(15,16)17/h10-11H,2-9H2,1H3. The molecule has 7 nitrogen and oxygen atoms in total. The maximum absolute atomic E-state index is 12.8. The monoisotopic (exact) mass is 386 g/mol. The lowest BCUT2D eigenvalue weighted by atomic mass is 10.1. The Morgan fingerprint density at radius 3 is 2.48 bits per heavy atom. The number of rotatable bonds is 5. The van der Waals surface area contributed by atoms with Crippen LogP contribution in [0, 0.1) is 0 Å². The van der Waals surface area contributed by atoms with E-state index in [2.05, 4.69) is 0 Å². The first-order valence-corrected chi connectivity index (χ1v) is 9.76. The van der Waals surface area contributed by atoms with Gasteiger partial charge in [-0.15, -0.1) is 0 Å². The number of carbonyl (C=O) groups is 2. The van der Waals surface area contributed by atoms with Gasteiger partial charge >= 0.3 is 12.1 Å². The van der Waals surface area contributed by atoms with Crippen LogP contribution in [-0.4, -0.2) is 86.6 Å². The SMILES string of the molecule is COCCN(C(=O)C1CCCN1C(=O)C(F)(F)F)C1CCS(=O)(=O)C1. The molecule has 0 aromatic carbocycles. The van der Waals surface area contributed by atoms with Crippen LogP contribution in [0.2, 0.25) is 0 Å². The Morgan fingerprint density at radius 2 is 1.96 bits per heavy atom. The topological polar surface area (TPSA) is 84.0 Å². The van der Waals surface area contributed by atoms with Crippen molar-refractivity contribution in [3.63, 3.8) is 0 Å². The second-order valence-electron chi connectivity index (χ2n) is 6.24. The summed E-state index contributed by atoms with van der Waals surface area (Å²) in [5, 5.41) is 0. The van der Waals surface area contributed by atoms with E-state index in [1.807, 2.05) is 0 Å². The summed E-state index contributed by atoms with van der Waals surface area (Å²) in [5.74, 6) is -2.96. The minimum atomic E-state index is -5.04. The van der Waals surface area contributed by atoms with Crippen molar-refractivity contribution in [3.8, 4) is 0 Å². The molecule has 2 aliphatic heterocycles. The van der Waals surface area contributed by atoms with Crippen molar-refractivity contribution >= 4 is 21.7 Å². The van der Waals surface area contributed by atoms with Gasteiger partial charge in [-0.3, -0.25) is 9.59 Å². The van der Waals surface area contributed by atoms with Gasteiger partial charge in [0.1, 0.15) is 6.04 Å². The van der Waals surface area contributed by atoms with Crippen LogP contribution in [0.3, 0.4) is 0 Å². The van der Waals surface area contributed by atoms with E-state index in [9.17, 15) is 31.2 Å². The van der Waals surface area contributed by atoms with Gasteiger partial charge in [0.05, 0.1) is 18.1 Å². The average molecular weight is 386 g/mol. The van der Waals surface area contributed by atoms with E-state index >= 15 is 0 Å². The van der Waals surface area contributed by atoms with E-state index in [0.29, 0.717) is 11.3 Å². The highest BCUT2D eigenvalue weighted by Gasteiger charge is 2.49. The van der Waals surface area contributed by atoms with E-state index < -0.39 is 39.9 Å². The number of sulfone groups is 1. The highest BCUT2D eigenvalue weighted by atomic mass is 32.2. The smallest absolute Gasteiger partial charge is 0.383 e. The summed E-state index contributed by atoms with van der Waals surface area (Å²) in [4.78, 5) is 26.2. The number of halogens is 3. The fraction of sp³-hybridized carbons (Fsp3) is 0.857. The van der Waals surface area contributed by atoms with Crippen molar-refractivity contribution in [1.29, 1.82) is 0 Å². The van der Waals surface area contributed by atoms with E-state index in [1.54, 1.807) is 0 Å². The molecule has 2 amide bonds. The molecular formula is C14H21F3N2O5S. The molecule has 0 spiro atoms. The lowest BCUT2D eigenvalue weighted by molar-refractivity contribution is -0.187. The maximum Gasteiger partial charge on any atom is 0.471 e. The van der Waals surface area contributed by atoms with Crippen LogP contribution >= 0.6 is 0 Å². The molecule has 144 valence electrons. The number of likely N-dealkylation sites (tertiary alicyclic amines) is 1. The number of alkyl halides is 3. The second-order valence-corrected chi connectivity index (χ2v) is 8.46. The zero-order valence-corrected chi connectivity index (χ0v) is 14.6. The molecule has 2 fully saturated rings. The molecule has 2 saturated heterocycles. The Morgan fingerprint density at radius 1 is 1.28 bits per heavy atom. The van der Waals surface area contributed by atoms with Crippen molar-refractivity contribution in [2.45, 2.75) is 37.5 Å². The van der Waals surface area contributed by atoms with Gasteiger partial charge in [-0.2, -0.15) is 13.2 Å². The first-order chi connectivity index (χ1) is 11.6. The minimum absolute atomic E-state index is 0.0652. The molecule has 0 aliphatic carbocycles. The molecule has 2 unspecified atom stereocenters. The van der Waals surface area contributed by atoms with Crippen molar-refractivity contribution in [1.82, 2.24) is 9.80 Å². The molecule has 0 aromatic heterocycles. The number of ether oxygens (including phenoxy) is 1. The Bertz CT molecular complexity index is 622. The highest BCUT2D eigenvalue weighted by Crippen LogP contribution is 2.28. The van der Waals surface area contributed by atoms with Crippen LogP contribution in [0.5, 0.6) is 0 Å². The van der Waals surface area contributed by atoms with Crippen LogP contribution < -0.4 is 0 Å². The van der Waals surface area contributed by atoms with Crippen LogP contribution in [0.15, 0.2) is 0 Å². The summed E-state index contributed by atoms with van der Waals surface area (Å²) in [6.07, 6.45) is -4.39. The Hall–Kier alpha value is -1.36. The van der Waals surface area contributed by atoms with Crippen LogP contribution in [-0.2, 0) is 24.2 Å². The maximum atomic E-state index is 12.8. The normalized spacial score (nSPS) is 26.0. The molecule has 2 heterocycles. The molecule has 25 heavy (non-hydrogen) atoms. The van der Waals surface area contributed by atoms with Crippen LogP contribution in [0.4, 0.5) is 13.2 Å². The number of hydrogen-bond acceptors (Lipinski definition) is 5. The number of amides is 2. The number of carbonyl (C=O) groups excluding carboxylic acids is 2. The van der Waals surface area contributed by atoms with Crippen molar-refractivity contribution in [2.75, 3.05) is 38.3 Å². The summed E-state index contributed by atoms with van der Waals surface area (Å²) in [7, 11) is -1.87. The summed E-state index contributed by atoms with van der Waals surface area (Å²) >= 11 is 0. The van der Waals surface area contributed by atoms with Gasteiger partial charge in [-0.05, 0) is 19.3 Å². The molecule has 11 heteroatoms. The first-order valence-electron chi connectivity index (χ1n) is 7.94. The van der Waals surface area contributed by atoms with Crippen molar-refractivity contribution in [2.24, 2.45) is 0 Å². The summed E-state index contributed by atoms with van der Waals surface area (Å²) in [5.41, 5.74) is 0. The lowest BCUT2D eigenvalue weighted by Gasteiger charge is -2.33. The lowest BCUT2D eigenvalue weighted by Crippen LogP contribution is -2.54. The predicted octanol–water partition coefficient (Wildman–Crippen LogP) is 0.202. The van der Waals surface area contributed by atoms with E-state index in [0.717, 1.165) is 0 Å². The van der Waals surface area contributed by atoms with Gasteiger partial charge in [-0.25, -0.2) is 8.42 Å². The van der Waals surface area contributed by atoms with Crippen molar-refractivity contribution < 1.29 is 35.9 Å². The van der Waals surface area contributed by atoms with Gasteiger partial charge < -0.3 is 14.5 Å². The fourth-order valence-electron chi connectivity index (χ4n) is 3.30. The first kappa shape index (κ1) is 20.0. The van der Waals surface area contributed by atoms with Crippen LogP contribution in [0.1, 0.15) is 19.3 Å². The van der Waals surface area contributed by atoms with Gasteiger partial charge in [0, 0.05) is 26.2 Å². The van der Waals surface area contributed by atoms with E-state index in [4.69, 9.17) is 4.74 Å². The number of hydrogen-bond donors (Lipinski definition) is 0. The minimum Gasteiger partial charge on any atom is -0.383 e. The summed E-state index contributed by atoms with van der Waals surface area (Å²) in [6, 6.07) is -1.81. The predicted molar refractivity (Wildman–Crippen MR) is 81.4 cm³/mol. The summed E-state index contributed by atoms with van der Waals surface area (Å²) < 4.78 is 66.5. The highest BCUT2D eigenvalue weighted by molar-refractivity contribution is 7.91. The second kappa shape index (κ2) is 7.48. The third kappa shape index (κ3) is 4.63. The zero-order chi connectivity index (χ0) is 18.8. The molecule has 2 aliphatic rings.